The van der Waals surface area contributed by atoms with Gasteiger partial charge in [0.15, 0.2) is 0 Å². The van der Waals surface area contributed by atoms with Crippen LogP contribution in [-0.4, -0.2) is 13.2 Å². The molecule has 0 saturated heterocycles. The maximum atomic E-state index is 4.83. The molecule has 0 bridgehead atoms. The van der Waals surface area contributed by atoms with E-state index >= 15 is 0 Å². The van der Waals surface area contributed by atoms with E-state index in [0.717, 1.165) is 13.2 Å². The summed E-state index contributed by atoms with van der Waals surface area (Å²) in [6.45, 7) is 5.67. The molecule has 6 heavy (non-hydrogen) atoms. The Balaban J connectivity index is -0.0000000800. The summed E-state index contributed by atoms with van der Waals surface area (Å²) in [5.74, 6) is 0. The number of ether oxygens (including phenoxy) is 1. The van der Waals surface area contributed by atoms with Crippen LogP contribution in [0.4, 0.5) is 0 Å². The topological polar surface area (TPSA) is 9.23 Å². The second kappa shape index (κ2) is 10.1. The van der Waals surface area contributed by atoms with Crippen LogP contribution in [0.25, 0.3) is 0 Å². The predicted octanol–water partition coefficient (Wildman–Crippen LogP) is -1.84. The van der Waals surface area contributed by atoms with Gasteiger partial charge in [-0.3, -0.25) is 0 Å². The third kappa shape index (κ3) is 9.38. The maximum Gasteiger partial charge on any atom is 1.00 e. The fourth-order valence-electron chi connectivity index (χ4n) is 0.204. The van der Waals surface area contributed by atoms with Gasteiger partial charge in [0, 0.05) is 13.2 Å². The van der Waals surface area contributed by atoms with Gasteiger partial charge in [-0.25, -0.2) is 0 Å². The summed E-state index contributed by atoms with van der Waals surface area (Å²) in [6, 6.07) is 0. The SMILES string of the molecule is CCOCC.[Cs+].[H-]. The van der Waals surface area contributed by atoms with Gasteiger partial charge in [0.25, 0.3) is 0 Å². The molecule has 0 aromatic heterocycles. The third-order valence-corrected chi connectivity index (χ3v) is 0.408. The average molecular weight is 208 g/mol. The number of hydrogen-bond acceptors (Lipinski definition) is 1. The molecule has 0 fully saturated rings. The molecule has 0 amide bonds. The third-order valence-electron chi connectivity index (χ3n) is 0.408. The molecule has 34 valence electrons. The Hall–Kier alpha value is 2.01. The zero-order valence-corrected chi connectivity index (χ0v) is 11.1. The number of hydrogen-bond donors (Lipinski definition) is 0. The van der Waals surface area contributed by atoms with Crippen LogP contribution in [0, 0.1) is 0 Å². The Kier molecular flexibility index (Phi) is 18.3. The van der Waals surface area contributed by atoms with Crippen molar-refractivity contribution in [1.82, 2.24) is 0 Å². The summed E-state index contributed by atoms with van der Waals surface area (Å²) in [6.07, 6.45) is 0. The molecule has 0 N–H and O–H groups in total. The van der Waals surface area contributed by atoms with Gasteiger partial charge in [0.2, 0.25) is 0 Å². The van der Waals surface area contributed by atoms with E-state index in [9.17, 15) is 0 Å². The van der Waals surface area contributed by atoms with E-state index in [-0.39, 0.29) is 70.3 Å². The van der Waals surface area contributed by atoms with Crippen LogP contribution in [0.2, 0.25) is 0 Å². The molecule has 0 rings (SSSR count). The minimum Gasteiger partial charge on any atom is -1.00 e. The van der Waals surface area contributed by atoms with Crippen molar-refractivity contribution >= 4 is 0 Å². The largest absolute Gasteiger partial charge is 1.00 e. The summed E-state index contributed by atoms with van der Waals surface area (Å²) in [4.78, 5) is 0. The molecule has 0 radical (unpaired) electrons. The molecule has 0 saturated carbocycles. The molecule has 0 heterocycles. The first kappa shape index (κ1) is 10.9. The Bertz CT molecular complexity index is 19.2. The number of rotatable bonds is 2. The van der Waals surface area contributed by atoms with Crippen LogP contribution in [-0.2, 0) is 4.74 Å². The fourth-order valence-corrected chi connectivity index (χ4v) is 0.204. The van der Waals surface area contributed by atoms with Gasteiger partial charge < -0.3 is 6.16 Å². The van der Waals surface area contributed by atoms with Gasteiger partial charge in [-0.2, -0.15) is 0 Å². The Morgan fingerprint density at radius 2 is 1.67 bits per heavy atom. The maximum absolute atomic E-state index is 4.83. The van der Waals surface area contributed by atoms with E-state index in [2.05, 4.69) is 0 Å². The van der Waals surface area contributed by atoms with Crippen LogP contribution < -0.4 is 68.9 Å². The summed E-state index contributed by atoms with van der Waals surface area (Å²) in [5.41, 5.74) is 0. The van der Waals surface area contributed by atoms with Crippen molar-refractivity contribution in [1.29, 1.82) is 0 Å². The van der Waals surface area contributed by atoms with Gasteiger partial charge in [-0.1, -0.05) is 0 Å². The molecule has 0 unspecified atom stereocenters. The molecule has 0 aromatic rings. The van der Waals surface area contributed by atoms with Gasteiger partial charge in [-0.15, -0.1) is 0 Å². The molecular weight excluding hydrogens is 197 g/mol. The van der Waals surface area contributed by atoms with Crippen molar-refractivity contribution in [2.24, 2.45) is 0 Å². The van der Waals surface area contributed by atoms with Gasteiger partial charge in [0.1, 0.15) is 0 Å². The van der Waals surface area contributed by atoms with Crippen LogP contribution in [0.1, 0.15) is 15.3 Å². The quantitative estimate of drug-likeness (QED) is 0.518. The molecule has 0 atom stereocenters. The van der Waals surface area contributed by atoms with E-state index in [1.807, 2.05) is 13.8 Å². The van der Waals surface area contributed by atoms with Crippen LogP contribution in [0.3, 0.4) is 0 Å². The van der Waals surface area contributed by atoms with Crippen LogP contribution in [0.5, 0.6) is 0 Å². The normalized spacial score (nSPS) is 7.00. The summed E-state index contributed by atoms with van der Waals surface area (Å²) < 4.78 is 4.83. The first-order valence-corrected chi connectivity index (χ1v) is 1.99. The van der Waals surface area contributed by atoms with E-state index in [1.165, 1.54) is 0 Å². The summed E-state index contributed by atoms with van der Waals surface area (Å²) in [5, 5.41) is 0. The average Bonchev–Trinajstić information content (AvgIpc) is 1.41. The zero-order valence-electron chi connectivity index (χ0n) is 5.82. The molecule has 0 spiro atoms. The van der Waals surface area contributed by atoms with Crippen LogP contribution >= 0.6 is 0 Å². The molecule has 0 aliphatic rings. The zero-order chi connectivity index (χ0) is 4.12. The molecule has 0 aliphatic heterocycles. The van der Waals surface area contributed by atoms with E-state index in [1.54, 1.807) is 0 Å². The monoisotopic (exact) mass is 208 g/mol. The predicted molar refractivity (Wildman–Crippen MR) is 23.3 cm³/mol. The molecule has 0 aliphatic carbocycles. The Labute approximate surface area is 99.7 Å². The van der Waals surface area contributed by atoms with Crippen molar-refractivity contribution in [2.45, 2.75) is 13.8 Å². The second-order valence-electron chi connectivity index (χ2n) is 0.781. The van der Waals surface area contributed by atoms with Crippen molar-refractivity contribution in [3.63, 3.8) is 0 Å². The minimum absolute atomic E-state index is 0. The van der Waals surface area contributed by atoms with Crippen molar-refractivity contribution in [3.05, 3.63) is 0 Å². The van der Waals surface area contributed by atoms with Gasteiger partial charge in [0.05, 0.1) is 0 Å². The smallest absolute Gasteiger partial charge is 1.00 e. The molecule has 0 aromatic carbocycles. The van der Waals surface area contributed by atoms with E-state index in [4.69, 9.17) is 4.74 Å². The van der Waals surface area contributed by atoms with Crippen LogP contribution in [0.15, 0.2) is 0 Å². The molecular formula is C4H11CsO. The Morgan fingerprint density at radius 1 is 1.33 bits per heavy atom. The first-order valence-electron chi connectivity index (χ1n) is 1.99. The standard InChI is InChI=1S/C4H10O.Cs.H/c1-3-5-4-2;;/h3-4H2,1-2H3;;/q;+1;-1. The van der Waals surface area contributed by atoms with Gasteiger partial charge in [-0.05, 0) is 13.8 Å². The van der Waals surface area contributed by atoms with Crippen molar-refractivity contribution in [2.75, 3.05) is 13.2 Å². The fraction of sp³-hybridized carbons (Fsp3) is 1.00. The summed E-state index contributed by atoms with van der Waals surface area (Å²) in [7, 11) is 0. The van der Waals surface area contributed by atoms with E-state index < -0.39 is 0 Å². The first-order chi connectivity index (χ1) is 2.41. The van der Waals surface area contributed by atoms with Crippen molar-refractivity contribution in [3.8, 4) is 0 Å². The van der Waals surface area contributed by atoms with E-state index in [0.29, 0.717) is 0 Å². The van der Waals surface area contributed by atoms with Gasteiger partial charge >= 0.3 is 68.9 Å². The minimum atomic E-state index is 0. The van der Waals surface area contributed by atoms with Crippen molar-refractivity contribution < 1.29 is 75.1 Å². The Morgan fingerprint density at radius 3 is 1.67 bits per heavy atom. The second-order valence-corrected chi connectivity index (χ2v) is 0.781. The molecule has 1 nitrogen and oxygen atoms in total. The summed E-state index contributed by atoms with van der Waals surface area (Å²) >= 11 is 0. The molecule has 2 heteroatoms.